The Bertz CT molecular complexity index is 386. The van der Waals surface area contributed by atoms with Crippen LogP contribution in [0.3, 0.4) is 0 Å². The van der Waals surface area contributed by atoms with Crippen LogP contribution in [0.1, 0.15) is 60.2 Å². The van der Waals surface area contributed by atoms with Gasteiger partial charge >= 0.3 is 0 Å². The second-order valence-electron chi connectivity index (χ2n) is 4.80. The van der Waals surface area contributed by atoms with E-state index < -0.39 is 0 Å². The van der Waals surface area contributed by atoms with Gasteiger partial charge in [-0.15, -0.1) is 0 Å². The molecular formula is C16H24N2O2. The lowest BCUT2D eigenvalue weighted by atomic mass is 10.1. The van der Waals surface area contributed by atoms with Gasteiger partial charge in [-0.05, 0) is 37.1 Å². The lowest BCUT2D eigenvalue weighted by molar-refractivity contribution is 0.0941. The van der Waals surface area contributed by atoms with Crippen molar-refractivity contribution in [3.63, 3.8) is 0 Å². The Labute approximate surface area is 121 Å². The molecule has 0 saturated carbocycles. The Morgan fingerprint density at radius 2 is 1.15 bits per heavy atom. The molecule has 0 aliphatic heterocycles. The zero-order valence-corrected chi connectivity index (χ0v) is 12.4. The van der Waals surface area contributed by atoms with Crippen LogP contribution in [0.4, 0.5) is 0 Å². The van der Waals surface area contributed by atoms with Gasteiger partial charge in [0.05, 0.1) is 0 Å². The summed E-state index contributed by atoms with van der Waals surface area (Å²) >= 11 is 0. The second-order valence-corrected chi connectivity index (χ2v) is 4.80. The molecule has 4 nitrogen and oxygen atoms in total. The van der Waals surface area contributed by atoms with Crippen LogP contribution in [0.25, 0.3) is 0 Å². The van der Waals surface area contributed by atoms with Crippen molar-refractivity contribution in [1.82, 2.24) is 10.6 Å². The largest absolute Gasteiger partial charge is 0.352 e. The van der Waals surface area contributed by atoms with E-state index in [-0.39, 0.29) is 11.8 Å². The first-order valence-electron chi connectivity index (χ1n) is 7.35. The quantitative estimate of drug-likeness (QED) is 0.717. The molecule has 0 aliphatic carbocycles. The molecule has 0 spiro atoms. The fourth-order valence-electron chi connectivity index (χ4n) is 1.73. The highest BCUT2D eigenvalue weighted by atomic mass is 16.2. The van der Waals surface area contributed by atoms with Gasteiger partial charge in [-0.3, -0.25) is 9.59 Å². The maximum atomic E-state index is 11.8. The smallest absolute Gasteiger partial charge is 0.251 e. The summed E-state index contributed by atoms with van der Waals surface area (Å²) in [6.07, 6.45) is 4.06. The van der Waals surface area contributed by atoms with Crippen LogP contribution in [0.5, 0.6) is 0 Å². The van der Waals surface area contributed by atoms with Crippen LogP contribution in [-0.2, 0) is 0 Å². The number of hydrogen-bond acceptors (Lipinski definition) is 2. The molecule has 1 aromatic carbocycles. The minimum Gasteiger partial charge on any atom is -0.352 e. The summed E-state index contributed by atoms with van der Waals surface area (Å²) in [5, 5.41) is 5.70. The minimum absolute atomic E-state index is 0.0867. The van der Waals surface area contributed by atoms with Crippen molar-refractivity contribution >= 4 is 11.8 Å². The van der Waals surface area contributed by atoms with Crippen LogP contribution in [0.2, 0.25) is 0 Å². The van der Waals surface area contributed by atoms with Gasteiger partial charge in [0, 0.05) is 24.2 Å². The molecule has 4 heteroatoms. The van der Waals surface area contributed by atoms with E-state index in [1.165, 1.54) is 0 Å². The molecule has 0 fully saturated rings. The third-order valence-electron chi connectivity index (χ3n) is 3.04. The third kappa shape index (κ3) is 5.43. The average Bonchev–Trinajstić information content (AvgIpc) is 2.47. The van der Waals surface area contributed by atoms with Gasteiger partial charge in [-0.1, -0.05) is 26.7 Å². The average molecular weight is 276 g/mol. The predicted octanol–water partition coefficient (Wildman–Crippen LogP) is 2.75. The molecule has 0 aliphatic rings. The van der Waals surface area contributed by atoms with Crippen molar-refractivity contribution in [2.24, 2.45) is 0 Å². The molecule has 0 radical (unpaired) electrons. The van der Waals surface area contributed by atoms with E-state index in [1.807, 2.05) is 0 Å². The van der Waals surface area contributed by atoms with Crippen molar-refractivity contribution in [2.45, 2.75) is 39.5 Å². The number of benzene rings is 1. The number of rotatable bonds is 8. The van der Waals surface area contributed by atoms with Crippen molar-refractivity contribution in [2.75, 3.05) is 13.1 Å². The number of amides is 2. The number of hydrogen-bond donors (Lipinski definition) is 2. The molecule has 0 unspecified atom stereocenters. The maximum absolute atomic E-state index is 11.8. The number of nitrogens with one attached hydrogen (secondary N) is 2. The molecule has 2 N–H and O–H groups in total. The first-order valence-corrected chi connectivity index (χ1v) is 7.35. The van der Waals surface area contributed by atoms with E-state index in [0.29, 0.717) is 24.2 Å². The molecule has 1 aromatic rings. The zero-order valence-electron chi connectivity index (χ0n) is 12.4. The second kappa shape index (κ2) is 9.13. The third-order valence-corrected chi connectivity index (χ3v) is 3.04. The lowest BCUT2D eigenvalue weighted by Crippen LogP contribution is -2.25. The highest BCUT2D eigenvalue weighted by molar-refractivity contribution is 5.97. The summed E-state index contributed by atoms with van der Waals surface area (Å²) in [5.41, 5.74) is 1.18. The molecule has 2 amide bonds. The summed E-state index contributed by atoms with van der Waals surface area (Å²) in [7, 11) is 0. The minimum atomic E-state index is -0.0867. The molecule has 1 rings (SSSR count). The van der Waals surface area contributed by atoms with E-state index in [9.17, 15) is 9.59 Å². The van der Waals surface area contributed by atoms with Crippen molar-refractivity contribution in [1.29, 1.82) is 0 Å². The number of carbonyl (C=O) groups is 2. The van der Waals surface area contributed by atoms with Gasteiger partial charge in [-0.2, -0.15) is 0 Å². The van der Waals surface area contributed by atoms with E-state index in [1.54, 1.807) is 24.3 Å². The summed E-state index contributed by atoms with van der Waals surface area (Å²) in [6.45, 7) is 5.54. The number of carbonyl (C=O) groups excluding carboxylic acids is 2. The van der Waals surface area contributed by atoms with Crippen LogP contribution in [0.15, 0.2) is 24.3 Å². The predicted molar refractivity (Wildman–Crippen MR) is 80.9 cm³/mol. The van der Waals surface area contributed by atoms with Crippen molar-refractivity contribution in [3.8, 4) is 0 Å². The van der Waals surface area contributed by atoms with Gasteiger partial charge in [0.25, 0.3) is 11.8 Å². The van der Waals surface area contributed by atoms with Gasteiger partial charge in [0.1, 0.15) is 0 Å². The Hall–Kier alpha value is -1.84. The summed E-state index contributed by atoms with van der Waals surface area (Å²) in [4.78, 5) is 23.6. The Morgan fingerprint density at radius 3 is 1.45 bits per heavy atom. The van der Waals surface area contributed by atoms with E-state index in [0.717, 1.165) is 25.7 Å². The molecular weight excluding hydrogens is 252 g/mol. The lowest BCUT2D eigenvalue weighted by Gasteiger charge is -2.06. The molecule has 0 atom stereocenters. The van der Waals surface area contributed by atoms with Crippen LogP contribution >= 0.6 is 0 Å². The Balaban J connectivity index is 2.50. The van der Waals surface area contributed by atoms with Gasteiger partial charge in [0.2, 0.25) is 0 Å². The molecule has 0 aromatic heterocycles. The standard InChI is InChI=1S/C16H24N2O2/c1-3-5-11-17-15(19)13-7-9-14(10-8-13)16(20)18-12-6-4-2/h7-10H,3-6,11-12H2,1-2H3,(H,17,19)(H,18,20). The number of unbranched alkanes of at least 4 members (excludes halogenated alkanes) is 2. The molecule has 0 bridgehead atoms. The van der Waals surface area contributed by atoms with Gasteiger partial charge in [0.15, 0.2) is 0 Å². The van der Waals surface area contributed by atoms with Crippen LogP contribution in [0, 0.1) is 0 Å². The highest BCUT2D eigenvalue weighted by Crippen LogP contribution is 2.05. The molecule has 110 valence electrons. The normalized spacial score (nSPS) is 10.1. The summed E-state index contributed by atoms with van der Waals surface area (Å²) < 4.78 is 0. The maximum Gasteiger partial charge on any atom is 0.251 e. The monoisotopic (exact) mass is 276 g/mol. The van der Waals surface area contributed by atoms with Gasteiger partial charge in [-0.25, -0.2) is 0 Å². The SMILES string of the molecule is CCCCNC(=O)c1ccc(C(=O)NCCCC)cc1. The van der Waals surface area contributed by atoms with Crippen LogP contribution < -0.4 is 10.6 Å². The van der Waals surface area contributed by atoms with Crippen LogP contribution in [-0.4, -0.2) is 24.9 Å². The fourth-order valence-corrected chi connectivity index (χ4v) is 1.73. The first-order chi connectivity index (χ1) is 9.69. The fraction of sp³-hybridized carbons (Fsp3) is 0.500. The molecule has 0 heterocycles. The Morgan fingerprint density at radius 1 is 0.800 bits per heavy atom. The topological polar surface area (TPSA) is 58.2 Å². The summed E-state index contributed by atoms with van der Waals surface area (Å²) in [6, 6.07) is 6.76. The highest BCUT2D eigenvalue weighted by Gasteiger charge is 2.07. The zero-order chi connectivity index (χ0) is 14.8. The van der Waals surface area contributed by atoms with Crippen molar-refractivity contribution in [3.05, 3.63) is 35.4 Å². The first kappa shape index (κ1) is 16.2. The van der Waals surface area contributed by atoms with E-state index >= 15 is 0 Å². The summed E-state index contributed by atoms with van der Waals surface area (Å²) in [5.74, 6) is -0.173. The van der Waals surface area contributed by atoms with Gasteiger partial charge < -0.3 is 10.6 Å². The van der Waals surface area contributed by atoms with Crippen molar-refractivity contribution < 1.29 is 9.59 Å². The molecule has 0 saturated heterocycles. The molecule has 20 heavy (non-hydrogen) atoms. The Kier molecular flexibility index (Phi) is 7.40. The van der Waals surface area contributed by atoms with E-state index in [4.69, 9.17) is 0 Å². The van der Waals surface area contributed by atoms with E-state index in [2.05, 4.69) is 24.5 Å².